The molecule has 0 saturated heterocycles. The molecule has 1 rings (SSSR count). The average molecular weight is 318 g/mol. The number of Topliss-reactive ketones (excluding diaryl/α,β-unsaturated/α-hetero) is 1. The van der Waals surface area contributed by atoms with Gasteiger partial charge >= 0.3 is 0 Å². The number of nitro groups is 1. The quantitative estimate of drug-likeness (QED) is 0.357. The molecule has 0 aliphatic heterocycles. The highest BCUT2D eigenvalue weighted by atomic mass is 16.6. The Morgan fingerprint density at radius 1 is 1.26 bits per heavy atom. The van der Waals surface area contributed by atoms with E-state index >= 15 is 0 Å². The van der Waals surface area contributed by atoms with Gasteiger partial charge in [-0.1, -0.05) is 20.8 Å². The van der Waals surface area contributed by atoms with Crippen molar-refractivity contribution in [2.75, 3.05) is 14.2 Å². The smallest absolute Gasteiger partial charge is 0.280 e. The van der Waals surface area contributed by atoms with Gasteiger partial charge in [-0.05, 0) is 12.1 Å². The van der Waals surface area contributed by atoms with Crippen LogP contribution in [0.3, 0.4) is 0 Å². The fourth-order valence-electron chi connectivity index (χ4n) is 1.87. The molecule has 7 heteroatoms. The number of carbonyl (C=O) groups is 1. The monoisotopic (exact) mass is 318 g/mol. The van der Waals surface area contributed by atoms with Gasteiger partial charge in [0, 0.05) is 5.41 Å². The zero-order valence-corrected chi connectivity index (χ0v) is 13.7. The van der Waals surface area contributed by atoms with Gasteiger partial charge in [-0.15, -0.1) is 0 Å². The molecule has 122 valence electrons. The number of allylic oxidation sites excluding steroid dienone is 1. The van der Waals surface area contributed by atoms with Gasteiger partial charge in [0.15, 0.2) is 17.3 Å². The van der Waals surface area contributed by atoms with Gasteiger partial charge in [-0.2, -0.15) is 5.26 Å². The number of nitriles is 1. The van der Waals surface area contributed by atoms with Crippen LogP contribution in [0.15, 0.2) is 17.7 Å². The number of hydrogen-bond donors (Lipinski definition) is 0. The lowest BCUT2D eigenvalue weighted by Crippen LogP contribution is -2.21. The first-order valence-corrected chi connectivity index (χ1v) is 6.72. The zero-order chi connectivity index (χ0) is 17.8. The molecule has 0 aliphatic carbocycles. The van der Waals surface area contributed by atoms with Crippen LogP contribution in [0, 0.1) is 26.9 Å². The van der Waals surface area contributed by atoms with Crippen molar-refractivity contribution in [1.29, 1.82) is 5.26 Å². The predicted octanol–water partition coefficient (Wildman–Crippen LogP) is 3.13. The highest BCUT2D eigenvalue weighted by Crippen LogP contribution is 2.36. The van der Waals surface area contributed by atoms with Gasteiger partial charge < -0.3 is 9.47 Å². The van der Waals surface area contributed by atoms with Gasteiger partial charge in [0.2, 0.25) is 0 Å². The van der Waals surface area contributed by atoms with E-state index in [-0.39, 0.29) is 28.3 Å². The van der Waals surface area contributed by atoms with E-state index in [1.165, 1.54) is 32.4 Å². The van der Waals surface area contributed by atoms with E-state index in [0.717, 1.165) is 0 Å². The van der Waals surface area contributed by atoms with Gasteiger partial charge in [-0.3, -0.25) is 14.9 Å². The van der Waals surface area contributed by atoms with E-state index in [1.54, 1.807) is 26.8 Å². The molecule has 0 unspecified atom stereocenters. The van der Waals surface area contributed by atoms with Crippen molar-refractivity contribution in [3.05, 3.63) is 33.4 Å². The summed E-state index contributed by atoms with van der Waals surface area (Å²) in [4.78, 5) is 22.9. The van der Waals surface area contributed by atoms with E-state index in [2.05, 4.69) is 0 Å². The van der Waals surface area contributed by atoms with E-state index in [4.69, 9.17) is 9.47 Å². The molecule has 0 radical (unpaired) electrons. The summed E-state index contributed by atoms with van der Waals surface area (Å²) in [5.41, 5.74) is -1.11. The normalized spacial score (nSPS) is 11.6. The van der Waals surface area contributed by atoms with Crippen molar-refractivity contribution < 1.29 is 19.2 Å². The van der Waals surface area contributed by atoms with Crippen LogP contribution in [0.1, 0.15) is 26.3 Å². The van der Waals surface area contributed by atoms with Crippen LogP contribution < -0.4 is 9.47 Å². The Kier molecular flexibility index (Phi) is 5.47. The third kappa shape index (κ3) is 4.07. The standard InChI is InChI=1S/C16H18N2O5/c1-16(2,3)15(19)11(9-17)6-10-7-13(22-4)14(23-5)8-12(10)18(20)21/h6-8H,1-5H3/b11-6-. The van der Waals surface area contributed by atoms with Crippen molar-refractivity contribution in [1.82, 2.24) is 0 Å². The maximum absolute atomic E-state index is 12.2. The summed E-state index contributed by atoms with van der Waals surface area (Å²) in [5, 5.41) is 20.5. The summed E-state index contributed by atoms with van der Waals surface area (Å²) < 4.78 is 10.1. The minimum Gasteiger partial charge on any atom is -0.493 e. The molecule has 0 N–H and O–H groups in total. The van der Waals surface area contributed by atoms with Crippen molar-refractivity contribution in [2.45, 2.75) is 20.8 Å². The molecule has 0 aliphatic rings. The Balaban J connectivity index is 3.57. The molecule has 0 aromatic heterocycles. The Bertz CT molecular complexity index is 708. The van der Waals surface area contributed by atoms with Crippen molar-refractivity contribution in [3.8, 4) is 17.6 Å². The second kappa shape index (κ2) is 6.92. The van der Waals surface area contributed by atoms with Crippen LogP contribution in [-0.4, -0.2) is 24.9 Å². The highest BCUT2D eigenvalue weighted by molar-refractivity contribution is 6.06. The lowest BCUT2D eigenvalue weighted by molar-refractivity contribution is -0.385. The van der Waals surface area contributed by atoms with Crippen LogP contribution in [0.4, 0.5) is 5.69 Å². The SMILES string of the molecule is COc1cc(/C=C(/C#N)C(=O)C(C)(C)C)c([N+](=O)[O-])cc1OC. The molecule has 1 aromatic carbocycles. The molecule has 0 spiro atoms. The third-order valence-electron chi connectivity index (χ3n) is 3.08. The Morgan fingerprint density at radius 3 is 2.17 bits per heavy atom. The van der Waals surface area contributed by atoms with Crippen LogP contribution in [0.2, 0.25) is 0 Å². The van der Waals surface area contributed by atoms with E-state index in [1.807, 2.05) is 0 Å². The van der Waals surface area contributed by atoms with Crippen LogP contribution in [0.25, 0.3) is 6.08 Å². The lowest BCUT2D eigenvalue weighted by Gasteiger charge is -2.15. The highest BCUT2D eigenvalue weighted by Gasteiger charge is 2.26. The second-order valence-corrected chi connectivity index (χ2v) is 5.77. The predicted molar refractivity (Wildman–Crippen MR) is 84.3 cm³/mol. The van der Waals surface area contributed by atoms with Crippen molar-refractivity contribution in [2.24, 2.45) is 5.41 Å². The number of nitrogens with zero attached hydrogens (tertiary/aromatic N) is 2. The van der Waals surface area contributed by atoms with Crippen LogP contribution in [0.5, 0.6) is 11.5 Å². The number of benzene rings is 1. The maximum atomic E-state index is 12.2. The van der Waals surface area contributed by atoms with Crippen molar-refractivity contribution >= 4 is 17.5 Å². The van der Waals surface area contributed by atoms with E-state index in [9.17, 15) is 20.2 Å². The topological polar surface area (TPSA) is 102 Å². The molecule has 0 saturated carbocycles. The van der Waals surface area contributed by atoms with Gasteiger partial charge in [0.25, 0.3) is 5.69 Å². The van der Waals surface area contributed by atoms with E-state index in [0.29, 0.717) is 0 Å². The minimum atomic E-state index is -0.771. The Labute approximate surface area is 134 Å². The summed E-state index contributed by atoms with van der Waals surface area (Å²) >= 11 is 0. The van der Waals surface area contributed by atoms with E-state index < -0.39 is 16.1 Å². The number of hydrogen-bond acceptors (Lipinski definition) is 6. The largest absolute Gasteiger partial charge is 0.493 e. The first-order valence-electron chi connectivity index (χ1n) is 6.72. The fraction of sp³-hybridized carbons (Fsp3) is 0.375. The molecule has 0 fully saturated rings. The molecule has 0 atom stereocenters. The summed E-state index contributed by atoms with van der Waals surface area (Å²) in [6, 6.07) is 4.37. The Morgan fingerprint density at radius 2 is 1.78 bits per heavy atom. The maximum Gasteiger partial charge on any atom is 0.280 e. The van der Waals surface area contributed by atoms with Crippen LogP contribution in [-0.2, 0) is 4.79 Å². The summed E-state index contributed by atoms with van der Waals surface area (Å²) in [6.07, 6.45) is 1.20. The summed E-state index contributed by atoms with van der Waals surface area (Å²) in [6.45, 7) is 5.01. The van der Waals surface area contributed by atoms with Gasteiger partial charge in [0.1, 0.15) is 6.07 Å². The number of rotatable bonds is 5. The first kappa shape index (κ1) is 18.2. The van der Waals surface area contributed by atoms with Gasteiger partial charge in [-0.25, -0.2) is 0 Å². The van der Waals surface area contributed by atoms with Crippen LogP contribution >= 0.6 is 0 Å². The fourth-order valence-corrected chi connectivity index (χ4v) is 1.87. The molecule has 1 aromatic rings. The average Bonchev–Trinajstić information content (AvgIpc) is 2.49. The number of methoxy groups -OCH3 is 2. The number of nitro benzene ring substituents is 1. The van der Waals surface area contributed by atoms with Crippen molar-refractivity contribution in [3.63, 3.8) is 0 Å². The molecular weight excluding hydrogens is 300 g/mol. The Hall–Kier alpha value is -2.88. The molecule has 0 amide bonds. The minimum absolute atomic E-state index is 0.0989. The number of carbonyl (C=O) groups excluding carboxylic acids is 1. The molecule has 0 bridgehead atoms. The zero-order valence-electron chi connectivity index (χ0n) is 13.7. The molecule has 23 heavy (non-hydrogen) atoms. The first-order chi connectivity index (χ1) is 10.6. The molecular formula is C16H18N2O5. The number of ether oxygens (including phenoxy) is 2. The second-order valence-electron chi connectivity index (χ2n) is 5.77. The van der Waals surface area contributed by atoms with Gasteiger partial charge in [0.05, 0.1) is 36.3 Å². The number of ketones is 1. The summed E-state index contributed by atoms with van der Waals surface area (Å²) in [5.74, 6) is 0.0611. The molecule has 0 heterocycles. The third-order valence-corrected chi connectivity index (χ3v) is 3.08. The molecule has 7 nitrogen and oxygen atoms in total. The summed E-state index contributed by atoms with van der Waals surface area (Å²) in [7, 11) is 2.75. The lowest BCUT2D eigenvalue weighted by atomic mass is 9.86.